The highest BCUT2D eigenvalue weighted by Gasteiger charge is 2.17. The van der Waals surface area contributed by atoms with E-state index in [4.69, 9.17) is 14.2 Å². The van der Waals surface area contributed by atoms with Crippen LogP contribution in [0.3, 0.4) is 0 Å². The molecule has 1 aromatic rings. The number of carbonyl (C=O) groups is 1. The number of fused-ring (bicyclic) bond motifs is 1. The highest BCUT2D eigenvalue weighted by Crippen LogP contribution is 2.34. The van der Waals surface area contributed by atoms with Crippen molar-refractivity contribution in [3.05, 3.63) is 30.4 Å². The molecule has 0 radical (unpaired) electrons. The Hall–Kier alpha value is -2.61. The van der Waals surface area contributed by atoms with Crippen LogP contribution in [0.4, 0.5) is 0 Å². The summed E-state index contributed by atoms with van der Waals surface area (Å²) < 4.78 is 16.0. The zero-order chi connectivity index (χ0) is 15.9. The maximum atomic E-state index is 11.9. The van der Waals surface area contributed by atoms with E-state index in [2.05, 4.69) is 29.3 Å². The van der Waals surface area contributed by atoms with E-state index in [9.17, 15) is 4.79 Å². The van der Waals surface area contributed by atoms with E-state index in [0.717, 1.165) is 25.0 Å². The van der Waals surface area contributed by atoms with Gasteiger partial charge < -0.3 is 19.5 Å². The van der Waals surface area contributed by atoms with E-state index in [1.807, 2.05) is 12.1 Å². The molecule has 0 saturated carbocycles. The van der Waals surface area contributed by atoms with E-state index >= 15 is 0 Å². The van der Waals surface area contributed by atoms with Gasteiger partial charge in [-0.15, -0.1) is 0 Å². The third-order valence-corrected chi connectivity index (χ3v) is 3.77. The maximum Gasteiger partial charge on any atom is 0.231 e. The zero-order valence-corrected chi connectivity index (χ0v) is 12.8. The number of allylic oxidation sites excluding steroid dienone is 2. The van der Waals surface area contributed by atoms with Crippen molar-refractivity contribution in [1.29, 1.82) is 0 Å². The molecule has 5 heteroatoms. The molecule has 1 aliphatic carbocycles. The van der Waals surface area contributed by atoms with Crippen molar-refractivity contribution in [1.82, 2.24) is 5.32 Å². The first kappa shape index (κ1) is 15.3. The molecule has 0 saturated heterocycles. The second kappa shape index (κ2) is 7.59. The number of ether oxygens (including phenoxy) is 3. The van der Waals surface area contributed by atoms with E-state index in [1.165, 1.54) is 0 Å². The van der Waals surface area contributed by atoms with Gasteiger partial charge in [-0.25, -0.2) is 0 Å². The topological polar surface area (TPSA) is 56.8 Å². The van der Waals surface area contributed by atoms with Gasteiger partial charge in [0, 0.05) is 12.0 Å². The molecule has 0 bridgehead atoms. The number of hydrogen-bond donors (Lipinski definition) is 1. The summed E-state index contributed by atoms with van der Waals surface area (Å²) >= 11 is 0. The van der Waals surface area contributed by atoms with Gasteiger partial charge in [0.1, 0.15) is 12.4 Å². The molecule has 1 amide bonds. The maximum absolute atomic E-state index is 11.9. The Balaban J connectivity index is 1.37. The second-order valence-corrected chi connectivity index (χ2v) is 5.36. The van der Waals surface area contributed by atoms with Gasteiger partial charge in [-0.1, -0.05) is 24.0 Å². The van der Waals surface area contributed by atoms with Crippen molar-refractivity contribution in [3.63, 3.8) is 0 Å². The van der Waals surface area contributed by atoms with Gasteiger partial charge in [0.2, 0.25) is 12.7 Å². The van der Waals surface area contributed by atoms with Crippen LogP contribution < -0.4 is 19.5 Å². The number of hydrogen-bond acceptors (Lipinski definition) is 4. The fraction of sp³-hybridized carbons (Fsp3) is 0.389. The quantitative estimate of drug-likeness (QED) is 0.684. The van der Waals surface area contributed by atoms with E-state index in [-0.39, 0.29) is 25.2 Å². The Bertz CT molecular complexity index is 657. The zero-order valence-electron chi connectivity index (χ0n) is 12.8. The molecule has 5 nitrogen and oxygen atoms in total. The number of rotatable bonds is 4. The normalized spacial score (nSPS) is 18.0. The minimum absolute atomic E-state index is 0.0836. The molecule has 0 unspecified atom stereocenters. The fourth-order valence-corrected chi connectivity index (χ4v) is 2.51. The minimum atomic E-state index is 0.0836. The average molecular weight is 313 g/mol. The van der Waals surface area contributed by atoms with Gasteiger partial charge in [-0.3, -0.25) is 4.79 Å². The number of nitrogens with one attached hydrogen (secondary N) is 1. The molecule has 23 heavy (non-hydrogen) atoms. The van der Waals surface area contributed by atoms with E-state index < -0.39 is 0 Å². The van der Waals surface area contributed by atoms with Crippen LogP contribution in [-0.4, -0.2) is 25.9 Å². The summed E-state index contributed by atoms with van der Waals surface area (Å²) in [6.07, 6.45) is 6.91. The van der Waals surface area contributed by atoms with Crippen LogP contribution in [0.2, 0.25) is 0 Å². The lowest BCUT2D eigenvalue weighted by atomic mass is 9.94. The van der Waals surface area contributed by atoms with Crippen LogP contribution in [0.15, 0.2) is 30.4 Å². The second-order valence-electron chi connectivity index (χ2n) is 5.36. The molecule has 0 aromatic heterocycles. The first-order valence-electron chi connectivity index (χ1n) is 7.74. The van der Waals surface area contributed by atoms with Crippen LogP contribution in [0.5, 0.6) is 17.2 Å². The molecule has 1 heterocycles. The van der Waals surface area contributed by atoms with Crippen molar-refractivity contribution >= 4 is 5.91 Å². The Morgan fingerprint density at radius 3 is 3.04 bits per heavy atom. The van der Waals surface area contributed by atoms with Gasteiger partial charge in [0.05, 0.1) is 6.54 Å². The summed E-state index contributed by atoms with van der Waals surface area (Å²) in [5.74, 6) is 8.05. The molecular formula is C18H19NO4. The van der Waals surface area contributed by atoms with E-state index in [0.29, 0.717) is 18.0 Å². The van der Waals surface area contributed by atoms with Crippen molar-refractivity contribution in [2.45, 2.75) is 19.3 Å². The summed E-state index contributed by atoms with van der Waals surface area (Å²) in [5.41, 5.74) is 0. The molecule has 3 rings (SSSR count). The highest BCUT2D eigenvalue weighted by molar-refractivity contribution is 5.79. The Morgan fingerprint density at radius 2 is 2.17 bits per heavy atom. The molecule has 1 N–H and O–H groups in total. The molecular weight excluding hydrogens is 294 g/mol. The first-order chi connectivity index (χ1) is 11.3. The smallest absolute Gasteiger partial charge is 0.231 e. The monoisotopic (exact) mass is 313 g/mol. The van der Waals surface area contributed by atoms with Crippen LogP contribution in [-0.2, 0) is 4.79 Å². The largest absolute Gasteiger partial charge is 0.481 e. The Morgan fingerprint density at radius 1 is 1.26 bits per heavy atom. The average Bonchev–Trinajstić information content (AvgIpc) is 3.06. The van der Waals surface area contributed by atoms with Crippen molar-refractivity contribution in [2.75, 3.05) is 19.9 Å². The summed E-state index contributed by atoms with van der Waals surface area (Å²) in [4.78, 5) is 11.9. The van der Waals surface area contributed by atoms with Gasteiger partial charge in [0.25, 0.3) is 0 Å². The van der Waals surface area contributed by atoms with Crippen molar-refractivity contribution in [3.8, 4) is 29.1 Å². The molecule has 1 aliphatic heterocycles. The summed E-state index contributed by atoms with van der Waals surface area (Å²) in [6, 6.07) is 5.40. The predicted molar refractivity (Wildman–Crippen MR) is 85.3 cm³/mol. The lowest BCUT2D eigenvalue weighted by molar-refractivity contribution is -0.124. The van der Waals surface area contributed by atoms with Gasteiger partial charge in [0.15, 0.2) is 11.5 Å². The minimum Gasteiger partial charge on any atom is -0.481 e. The molecule has 0 fully saturated rings. The Kier molecular flexibility index (Phi) is 5.05. The third kappa shape index (κ3) is 4.19. The number of carbonyl (C=O) groups excluding carboxylic acids is 1. The third-order valence-electron chi connectivity index (χ3n) is 3.77. The predicted octanol–water partition coefficient (Wildman–Crippen LogP) is 2.27. The summed E-state index contributed by atoms with van der Waals surface area (Å²) in [7, 11) is 0. The summed E-state index contributed by atoms with van der Waals surface area (Å²) in [5, 5.41) is 2.85. The molecule has 1 aromatic carbocycles. The van der Waals surface area contributed by atoms with Gasteiger partial charge >= 0.3 is 0 Å². The lowest BCUT2D eigenvalue weighted by Crippen LogP contribution is -2.31. The van der Waals surface area contributed by atoms with Gasteiger partial charge in [-0.05, 0) is 31.4 Å². The van der Waals surface area contributed by atoms with Crippen LogP contribution in [0.1, 0.15) is 19.3 Å². The van der Waals surface area contributed by atoms with Gasteiger partial charge in [-0.2, -0.15) is 0 Å². The van der Waals surface area contributed by atoms with Crippen molar-refractivity contribution in [2.24, 2.45) is 5.92 Å². The summed E-state index contributed by atoms with van der Waals surface area (Å²) in [6.45, 7) is 0.861. The van der Waals surface area contributed by atoms with E-state index in [1.54, 1.807) is 6.07 Å². The fourth-order valence-electron chi connectivity index (χ4n) is 2.51. The SMILES string of the molecule is O=C(NCC#CCOc1ccc2c(c1)OCO2)[C@H]1CC=CCC1. The molecule has 1 atom stereocenters. The lowest BCUT2D eigenvalue weighted by Gasteiger charge is -2.16. The molecule has 0 spiro atoms. The standard InChI is InChI=1S/C18H19NO4/c20-18(14-6-2-1-3-7-14)19-10-4-5-11-21-15-8-9-16-17(12-15)23-13-22-16/h1-2,8-9,12,14H,3,6-7,10-11,13H2,(H,19,20)/t14-/m0/s1. The molecule has 2 aliphatic rings. The van der Waals surface area contributed by atoms with Crippen LogP contribution in [0.25, 0.3) is 0 Å². The number of benzene rings is 1. The van der Waals surface area contributed by atoms with Crippen molar-refractivity contribution < 1.29 is 19.0 Å². The van der Waals surface area contributed by atoms with Crippen LogP contribution >= 0.6 is 0 Å². The number of amides is 1. The first-order valence-corrected chi connectivity index (χ1v) is 7.74. The van der Waals surface area contributed by atoms with Crippen LogP contribution in [0, 0.1) is 17.8 Å². The molecule has 120 valence electrons. The Labute approximate surface area is 135 Å². The highest BCUT2D eigenvalue weighted by atomic mass is 16.7.